The molecule has 1 saturated heterocycles. The first-order valence-corrected chi connectivity index (χ1v) is 5.06. The molecule has 0 radical (unpaired) electrons. The number of likely N-dealkylation sites (N-methyl/N-ethyl adjacent to an activating group) is 1. The van der Waals surface area contributed by atoms with Gasteiger partial charge in [0.1, 0.15) is 0 Å². The minimum Gasteiger partial charge on any atom is -0.376 e. The zero-order valence-electron chi connectivity index (χ0n) is 8.55. The lowest BCUT2D eigenvalue weighted by atomic mass is 10.0. The van der Waals surface area contributed by atoms with Crippen LogP contribution in [0.15, 0.2) is 0 Å². The first kappa shape index (κ1) is 10.0. The summed E-state index contributed by atoms with van der Waals surface area (Å²) in [6.45, 7) is 11.1. The second-order valence-electron chi connectivity index (χ2n) is 4.02. The van der Waals surface area contributed by atoms with Crippen molar-refractivity contribution in [3.63, 3.8) is 0 Å². The largest absolute Gasteiger partial charge is 0.376 e. The molecule has 12 heavy (non-hydrogen) atoms. The Morgan fingerprint density at radius 2 is 2.25 bits per heavy atom. The quantitative estimate of drug-likeness (QED) is 0.641. The topological polar surface area (TPSA) is 12.5 Å². The van der Waals surface area contributed by atoms with Crippen molar-refractivity contribution >= 4 is 0 Å². The minimum atomic E-state index is 0.485. The van der Waals surface area contributed by atoms with Crippen LogP contribution in [0.1, 0.15) is 27.2 Å². The monoisotopic (exact) mass is 171 g/mol. The molecule has 1 unspecified atom stereocenters. The van der Waals surface area contributed by atoms with Gasteiger partial charge >= 0.3 is 0 Å². The van der Waals surface area contributed by atoms with E-state index in [4.69, 9.17) is 4.74 Å². The molecule has 1 aliphatic heterocycles. The summed E-state index contributed by atoms with van der Waals surface area (Å²) in [5.41, 5.74) is 0. The molecule has 1 heterocycles. The Labute approximate surface area is 75.9 Å². The Bertz CT molecular complexity index is 125. The minimum absolute atomic E-state index is 0.485. The standard InChI is InChI=1S/C10H21NO/c1-4-11-5-6-12-10(8-11)7-9(2)3/h9-10H,4-8H2,1-3H3. The molecule has 1 fully saturated rings. The molecule has 0 aromatic heterocycles. The van der Waals surface area contributed by atoms with Gasteiger partial charge in [0.05, 0.1) is 12.7 Å². The van der Waals surface area contributed by atoms with Gasteiger partial charge in [-0.05, 0) is 18.9 Å². The number of rotatable bonds is 3. The zero-order valence-corrected chi connectivity index (χ0v) is 8.55. The van der Waals surface area contributed by atoms with Gasteiger partial charge in [-0.1, -0.05) is 20.8 Å². The molecule has 0 saturated carbocycles. The Kier molecular flexibility index (Phi) is 4.02. The average molecular weight is 171 g/mol. The van der Waals surface area contributed by atoms with Crippen LogP contribution in [0.25, 0.3) is 0 Å². The molecule has 1 atom stereocenters. The van der Waals surface area contributed by atoms with Crippen molar-refractivity contribution in [2.24, 2.45) is 5.92 Å². The van der Waals surface area contributed by atoms with Crippen molar-refractivity contribution < 1.29 is 4.74 Å². The summed E-state index contributed by atoms with van der Waals surface area (Å²) in [4.78, 5) is 2.47. The molecule has 1 rings (SSSR count). The molecule has 0 N–H and O–H groups in total. The highest BCUT2D eigenvalue weighted by Crippen LogP contribution is 2.13. The third-order valence-corrected chi connectivity index (χ3v) is 2.40. The van der Waals surface area contributed by atoms with Crippen LogP contribution in [-0.2, 0) is 4.74 Å². The van der Waals surface area contributed by atoms with E-state index in [0.717, 1.165) is 32.2 Å². The second kappa shape index (κ2) is 4.83. The first-order valence-electron chi connectivity index (χ1n) is 5.06. The van der Waals surface area contributed by atoms with Crippen LogP contribution in [0.5, 0.6) is 0 Å². The van der Waals surface area contributed by atoms with E-state index >= 15 is 0 Å². The van der Waals surface area contributed by atoms with Gasteiger partial charge in [0.2, 0.25) is 0 Å². The molecule has 0 aromatic carbocycles. The van der Waals surface area contributed by atoms with Gasteiger partial charge in [0, 0.05) is 13.1 Å². The Hall–Kier alpha value is -0.0800. The summed E-state index contributed by atoms with van der Waals surface area (Å²) in [5.74, 6) is 0.756. The summed E-state index contributed by atoms with van der Waals surface area (Å²) in [6.07, 6.45) is 1.69. The van der Waals surface area contributed by atoms with E-state index in [0.29, 0.717) is 6.10 Å². The smallest absolute Gasteiger partial charge is 0.0705 e. The van der Waals surface area contributed by atoms with E-state index in [1.807, 2.05) is 0 Å². The molecule has 0 amide bonds. The third kappa shape index (κ3) is 3.11. The van der Waals surface area contributed by atoms with Crippen molar-refractivity contribution in [2.45, 2.75) is 33.3 Å². The highest BCUT2D eigenvalue weighted by molar-refractivity contribution is 4.71. The molecule has 0 spiro atoms. The number of ether oxygens (including phenoxy) is 1. The van der Waals surface area contributed by atoms with E-state index in [1.165, 1.54) is 6.42 Å². The maximum Gasteiger partial charge on any atom is 0.0705 e. The molecule has 72 valence electrons. The summed E-state index contributed by atoms with van der Waals surface area (Å²) in [5, 5.41) is 0. The van der Waals surface area contributed by atoms with Crippen LogP contribution in [0, 0.1) is 5.92 Å². The number of morpholine rings is 1. The van der Waals surface area contributed by atoms with E-state index in [-0.39, 0.29) is 0 Å². The molecule has 1 aliphatic rings. The van der Waals surface area contributed by atoms with Crippen molar-refractivity contribution in [1.29, 1.82) is 0 Å². The predicted molar refractivity (Wildman–Crippen MR) is 51.3 cm³/mol. The van der Waals surface area contributed by atoms with Crippen molar-refractivity contribution in [1.82, 2.24) is 4.90 Å². The lowest BCUT2D eigenvalue weighted by Gasteiger charge is -2.32. The SMILES string of the molecule is CCN1CCOC(CC(C)C)C1. The van der Waals surface area contributed by atoms with Gasteiger partial charge < -0.3 is 4.74 Å². The molecule has 2 heteroatoms. The normalized spacial score (nSPS) is 26.5. The second-order valence-corrected chi connectivity index (χ2v) is 4.02. The Morgan fingerprint density at radius 3 is 2.83 bits per heavy atom. The van der Waals surface area contributed by atoms with E-state index in [2.05, 4.69) is 25.7 Å². The highest BCUT2D eigenvalue weighted by Gasteiger charge is 2.19. The summed E-state index contributed by atoms with van der Waals surface area (Å²) < 4.78 is 5.68. The Balaban J connectivity index is 2.25. The lowest BCUT2D eigenvalue weighted by molar-refractivity contribution is -0.0355. The van der Waals surface area contributed by atoms with Crippen LogP contribution >= 0.6 is 0 Å². The molecule has 0 aromatic rings. The fourth-order valence-corrected chi connectivity index (χ4v) is 1.74. The molecular weight excluding hydrogens is 150 g/mol. The molecule has 0 bridgehead atoms. The first-order chi connectivity index (χ1) is 5.72. The summed E-state index contributed by atoms with van der Waals surface area (Å²) in [6, 6.07) is 0. The maximum absolute atomic E-state index is 5.68. The maximum atomic E-state index is 5.68. The zero-order chi connectivity index (χ0) is 8.97. The lowest BCUT2D eigenvalue weighted by Crippen LogP contribution is -2.42. The van der Waals surface area contributed by atoms with Gasteiger partial charge in [-0.3, -0.25) is 4.90 Å². The van der Waals surface area contributed by atoms with Crippen molar-refractivity contribution in [2.75, 3.05) is 26.2 Å². The third-order valence-electron chi connectivity index (χ3n) is 2.40. The van der Waals surface area contributed by atoms with Crippen molar-refractivity contribution in [3.05, 3.63) is 0 Å². The molecule has 0 aliphatic carbocycles. The molecular formula is C10H21NO. The van der Waals surface area contributed by atoms with Gasteiger partial charge in [0.25, 0.3) is 0 Å². The fraction of sp³-hybridized carbons (Fsp3) is 1.00. The van der Waals surface area contributed by atoms with E-state index < -0.39 is 0 Å². The molecule has 2 nitrogen and oxygen atoms in total. The van der Waals surface area contributed by atoms with Gasteiger partial charge in [-0.2, -0.15) is 0 Å². The fourth-order valence-electron chi connectivity index (χ4n) is 1.74. The average Bonchev–Trinajstić information content (AvgIpc) is 2.03. The highest BCUT2D eigenvalue weighted by atomic mass is 16.5. The summed E-state index contributed by atoms with van der Waals surface area (Å²) in [7, 11) is 0. The van der Waals surface area contributed by atoms with Crippen LogP contribution in [0.2, 0.25) is 0 Å². The van der Waals surface area contributed by atoms with Gasteiger partial charge in [-0.25, -0.2) is 0 Å². The van der Waals surface area contributed by atoms with Crippen LogP contribution in [0.4, 0.5) is 0 Å². The number of hydrogen-bond donors (Lipinski definition) is 0. The number of nitrogens with zero attached hydrogens (tertiary/aromatic N) is 1. The number of hydrogen-bond acceptors (Lipinski definition) is 2. The van der Waals surface area contributed by atoms with E-state index in [9.17, 15) is 0 Å². The van der Waals surface area contributed by atoms with E-state index in [1.54, 1.807) is 0 Å². The van der Waals surface area contributed by atoms with Crippen LogP contribution < -0.4 is 0 Å². The Morgan fingerprint density at radius 1 is 1.50 bits per heavy atom. The van der Waals surface area contributed by atoms with Crippen LogP contribution in [-0.4, -0.2) is 37.2 Å². The van der Waals surface area contributed by atoms with Gasteiger partial charge in [0.15, 0.2) is 0 Å². The van der Waals surface area contributed by atoms with Crippen LogP contribution in [0.3, 0.4) is 0 Å². The van der Waals surface area contributed by atoms with Gasteiger partial charge in [-0.15, -0.1) is 0 Å². The summed E-state index contributed by atoms with van der Waals surface area (Å²) >= 11 is 0. The predicted octanol–water partition coefficient (Wildman–Crippen LogP) is 1.75. The van der Waals surface area contributed by atoms with Crippen molar-refractivity contribution in [3.8, 4) is 0 Å².